The van der Waals surface area contributed by atoms with Crippen LogP contribution in [0.4, 0.5) is 0 Å². The fourth-order valence-electron chi connectivity index (χ4n) is 3.40. The van der Waals surface area contributed by atoms with Crippen molar-refractivity contribution in [2.75, 3.05) is 26.4 Å². The van der Waals surface area contributed by atoms with E-state index in [0.717, 1.165) is 57.0 Å². The Morgan fingerprint density at radius 1 is 1.21 bits per heavy atom. The molecule has 6 nitrogen and oxygen atoms in total. The van der Waals surface area contributed by atoms with Gasteiger partial charge in [-0.15, -0.1) is 0 Å². The molecule has 6 heteroatoms. The zero-order chi connectivity index (χ0) is 16.2. The fourth-order valence-corrected chi connectivity index (χ4v) is 3.40. The zero-order valence-electron chi connectivity index (χ0n) is 13.9. The van der Waals surface area contributed by atoms with E-state index < -0.39 is 0 Å². The molecule has 0 aliphatic carbocycles. The van der Waals surface area contributed by atoms with Gasteiger partial charge in [-0.1, -0.05) is 6.07 Å². The first kappa shape index (κ1) is 15.7. The molecule has 2 aliphatic rings. The first-order chi connectivity index (χ1) is 11.9. The van der Waals surface area contributed by atoms with Crippen LogP contribution in [0.5, 0.6) is 0 Å². The molecular weight excluding hydrogens is 304 g/mol. The SMILES string of the molecule is c1ccc(Cn2cc3c(n2)[C@@H](CNC2CCOCC2)OCC3)nc1. The maximum atomic E-state index is 5.97. The summed E-state index contributed by atoms with van der Waals surface area (Å²) in [4.78, 5) is 4.38. The second-order valence-electron chi connectivity index (χ2n) is 6.46. The summed E-state index contributed by atoms with van der Waals surface area (Å²) in [5.74, 6) is 0. The normalized spacial score (nSPS) is 21.6. The average molecular weight is 328 g/mol. The van der Waals surface area contributed by atoms with E-state index in [1.54, 1.807) is 0 Å². The number of nitrogens with one attached hydrogen (secondary N) is 1. The van der Waals surface area contributed by atoms with Crippen molar-refractivity contribution in [3.8, 4) is 0 Å². The van der Waals surface area contributed by atoms with Gasteiger partial charge in [0, 0.05) is 38.2 Å². The predicted octanol–water partition coefficient (Wildman–Crippen LogP) is 1.71. The van der Waals surface area contributed by atoms with Crippen LogP contribution in [0.1, 0.15) is 35.9 Å². The number of aromatic nitrogens is 3. The summed E-state index contributed by atoms with van der Waals surface area (Å²) in [6.07, 6.45) is 7.10. The van der Waals surface area contributed by atoms with E-state index in [0.29, 0.717) is 12.6 Å². The molecule has 24 heavy (non-hydrogen) atoms. The minimum atomic E-state index is 0.0431. The highest BCUT2D eigenvalue weighted by atomic mass is 16.5. The van der Waals surface area contributed by atoms with Crippen molar-refractivity contribution in [1.82, 2.24) is 20.1 Å². The van der Waals surface area contributed by atoms with Gasteiger partial charge in [-0.2, -0.15) is 5.10 Å². The van der Waals surface area contributed by atoms with Crippen molar-refractivity contribution in [2.45, 2.75) is 38.0 Å². The van der Waals surface area contributed by atoms with Crippen LogP contribution in [0.15, 0.2) is 30.6 Å². The van der Waals surface area contributed by atoms with Gasteiger partial charge in [0.05, 0.1) is 24.5 Å². The summed E-state index contributed by atoms with van der Waals surface area (Å²) < 4.78 is 13.4. The number of nitrogens with zero attached hydrogens (tertiary/aromatic N) is 3. The van der Waals surface area contributed by atoms with Crippen molar-refractivity contribution in [3.05, 3.63) is 47.5 Å². The van der Waals surface area contributed by atoms with Gasteiger partial charge in [-0.3, -0.25) is 9.67 Å². The highest BCUT2D eigenvalue weighted by Crippen LogP contribution is 2.25. The van der Waals surface area contributed by atoms with Crippen LogP contribution in [0.25, 0.3) is 0 Å². The predicted molar refractivity (Wildman–Crippen MR) is 89.8 cm³/mol. The Hall–Kier alpha value is -1.76. The van der Waals surface area contributed by atoms with Crippen LogP contribution in [-0.4, -0.2) is 47.2 Å². The van der Waals surface area contributed by atoms with Crippen LogP contribution < -0.4 is 5.32 Å². The topological polar surface area (TPSA) is 61.2 Å². The third-order valence-corrected chi connectivity index (χ3v) is 4.73. The van der Waals surface area contributed by atoms with Gasteiger partial charge < -0.3 is 14.8 Å². The number of hydrogen-bond acceptors (Lipinski definition) is 5. The molecule has 0 spiro atoms. The summed E-state index contributed by atoms with van der Waals surface area (Å²) in [6, 6.07) is 6.50. The molecule has 0 amide bonds. The molecule has 0 aromatic carbocycles. The third-order valence-electron chi connectivity index (χ3n) is 4.73. The Morgan fingerprint density at radius 2 is 2.12 bits per heavy atom. The molecule has 128 valence electrons. The highest BCUT2D eigenvalue weighted by Gasteiger charge is 2.26. The largest absolute Gasteiger partial charge is 0.381 e. The average Bonchev–Trinajstić information content (AvgIpc) is 3.04. The van der Waals surface area contributed by atoms with Gasteiger partial charge in [0.1, 0.15) is 6.10 Å². The Labute approximate surface area is 142 Å². The molecule has 1 N–H and O–H groups in total. The van der Waals surface area contributed by atoms with Gasteiger partial charge >= 0.3 is 0 Å². The number of pyridine rings is 1. The molecule has 0 unspecified atom stereocenters. The van der Waals surface area contributed by atoms with Crippen molar-refractivity contribution < 1.29 is 9.47 Å². The van der Waals surface area contributed by atoms with Gasteiger partial charge in [-0.25, -0.2) is 0 Å². The van der Waals surface area contributed by atoms with Gasteiger partial charge in [0.2, 0.25) is 0 Å². The molecule has 0 radical (unpaired) electrons. The quantitative estimate of drug-likeness (QED) is 0.905. The zero-order valence-corrected chi connectivity index (χ0v) is 13.9. The maximum absolute atomic E-state index is 5.97. The minimum Gasteiger partial charge on any atom is -0.381 e. The van der Waals surface area contributed by atoms with Gasteiger partial charge in [-0.05, 0) is 37.0 Å². The van der Waals surface area contributed by atoms with Crippen LogP contribution in [0, 0.1) is 0 Å². The lowest BCUT2D eigenvalue weighted by Crippen LogP contribution is -2.38. The number of hydrogen-bond donors (Lipinski definition) is 1. The lowest BCUT2D eigenvalue weighted by molar-refractivity contribution is 0.0297. The van der Waals surface area contributed by atoms with Gasteiger partial charge in [0.25, 0.3) is 0 Å². The molecule has 0 bridgehead atoms. The van der Waals surface area contributed by atoms with Crippen LogP contribution in [-0.2, 0) is 22.4 Å². The molecule has 4 heterocycles. The molecule has 4 rings (SSSR count). The van der Waals surface area contributed by atoms with E-state index in [1.807, 2.05) is 29.1 Å². The summed E-state index contributed by atoms with van der Waals surface area (Å²) >= 11 is 0. The Balaban J connectivity index is 1.42. The highest BCUT2D eigenvalue weighted by molar-refractivity contribution is 5.23. The van der Waals surface area contributed by atoms with E-state index >= 15 is 0 Å². The summed E-state index contributed by atoms with van der Waals surface area (Å²) in [5.41, 5.74) is 3.41. The summed E-state index contributed by atoms with van der Waals surface area (Å²) in [5, 5.41) is 8.40. The van der Waals surface area contributed by atoms with E-state index in [4.69, 9.17) is 14.6 Å². The monoisotopic (exact) mass is 328 g/mol. The molecule has 2 aliphatic heterocycles. The van der Waals surface area contributed by atoms with Gasteiger partial charge in [0.15, 0.2) is 0 Å². The summed E-state index contributed by atoms with van der Waals surface area (Å²) in [6.45, 7) is 3.99. The smallest absolute Gasteiger partial charge is 0.114 e. The second-order valence-corrected chi connectivity index (χ2v) is 6.46. The van der Waals surface area contributed by atoms with E-state index in [-0.39, 0.29) is 6.10 Å². The Bertz CT molecular complexity index is 652. The first-order valence-electron chi connectivity index (χ1n) is 8.77. The van der Waals surface area contributed by atoms with Crippen LogP contribution in [0.2, 0.25) is 0 Å². The molecule has 2 aromatic rings. The van der Waals surface area contributed by atoms with Crippen molar-refractivity contribution in [2.24, 2.45) is 0 Å². The molecular formula is C18H24N4O2. The number of ether oxygens (including phenoxy) is 2. The first-order valence-corrected chi connectivity index (χ1v) is 8.77. The van der Waals surface area contributed by atoms with Crippen molar-refractivity contribution in [3.63, 3.8) is 0 Å². The molecule has 1 atom stereocenters. The van der Waals surface area contributed by atoms with E-state index in [9.17, 15) is 0 Å². The Kier molecular flexibility index (Phi) is 4.87. The standard InChI is InChI=1S/C18H24N4O2/c1-2-7-19-16(3-1)13-22-12-14-4-10-24-17(18(14)21-22)11-20-15-5-8-23-9-6-15/h1-3,7,12,15,17,20H,4-6,8-11,13H2/t17-/m1/s1. The van der Waals surface area contributed by atoms with Crippen LogP contribution >= 0.6 is 0 Å². The molecule has 1 fully saturated rings. The lowest BCUT2D eigenvalue weighted by Gasteiger charge is -2.27. The number of rotatable bonds is 5. The molecule has 1 saturated heterocycles. The number of fused-ring (bicyclic) bond motifs is 1. The fraction of sp³-hybridized carbons (Fsp3) is 0.556. The second kappa shape index (κ2) is 7.42. The molecule has 0 saturated carbocycles. The summed E-state index contributed by atoms with van der Waals surface area (Å²) in [7, 11) is 0. The minimum absolute atomic E-state index is 0.0431. The van der Waals surface area contributed by atoms with E-state index in [2.05, 4.69) is 16.5 Å². The molecule has 2 aromatic heterocycles. The van der Waals surface area contributed by atoms with Crippen LogP contribution in [0.3, 0.4) is 0 Å². The van der Waals surface area contributed by atoms with E-state index in [1.165, 1.54) is 5.56 Å². The van der Waals surface area contributed by atoms with Crippen molar-refractivity contribution >= 4 is 0 Å². The maximum Gasteiger partial charge on any atom is 0.114 e. The lowest BCUT2D eigenvalue weighted by atomic mass is 10.0. The Morgan fingerprint density at radius 3 is 2.96 bits per heavy atom. The third kappa shape index (κ3) is 3.66. The van der Waals surface area contributed by atoms with Crippen molar-refractivity contribution in [1.29, 1.82) is 0 Å².